The normalized spacial score (nSPS) is 12.0. The van der Waals surface area contributed by atoms with Crippen molar-refractivity contribution in [1.29, 1.82) is 0 Å². The third-order valence-electron chi connectivity index (χ3n) is 6.60. The summed E-state index contributed by atoms with van der Waals surface area (Å²) in [7, 11) is 0. The van der Waals surface area contributed by atoms with Crippen LogP contribution in [-0.4, -0.2) is 100 Å². The number of anilines is 3. The molecule has 3 rings (SSSR count). The fourth-order valence-corrected chi connectivity index (χ4v) is 4.35. The van der Waals surface area contributed by atoms with E-state index in [4.69, 9.17) is 26.7 Å². The number of carbonyl (C=O) groups is 3. The van der Waals surface area contributed by atoms with Gasteiger partial charge < -0.3 is 53.0 Å². The van der Waals surface area contributed by atoms with Gasteiger partial charge in [0.15, 0.2) is 17.0 Å². The van der Waals surface area contributed by atoms with Crippen molar-refractivity contribution in [2.45, 2.75) is 31.8 Å². The van der Waals surface area contributed by atoms with Gasteiger partial charge in [0, 0.05) is 54.8 Å². The second-order valence-corrected chi connectivity index (χ2v) is 11.3. The molecule has 48 heavy (non-hydrogen) atoms. The average Bonchev–Trinajstić information content (AvgIpc) is 3.06. The fraction of sp³-hybridized carbons (Fsp3) is 0.433. The fourth-order valence-electron chi connectivity index (χ4n) is 4.07. The largest absolute Gasteiger partial charge is 0.480 e. The number of aromatic nitrogens is 4. The average molecular weight is 686 g/mol. The number of rotatable bonds is 22. The van der Waals surface area contributed by atoms with Crippen LogP contribution in [0.2, 0.25) is 0 Å². The van der Waals surface area contributed by atoms with Gasteiger partial charge in [-0.3, -0.25) is 9.59 Å². The van der Waals surface area contributed by atoms with Gasteiger partial charge in [-0.1, -0.05) is 0 Å². The lowest BCUT2D eigenvalue weighted by molar-refractivity contribution is -0.139. The highest BCUT2D eigenvalue weighted by molar-refractivity contribution is 7.98. The minimum Gasteiger partial charge on any atom is -0.480 e. The number of thioether (sulfide) groups is 1. The van der Waals surface area contributed by atoms with Crippen molar-refractivity contribution in [1.82, 2.24) is 35.9 Å². The van der Waals surface area contributed by atoms with Crippen molar-refractivity contribution in [3.8, 4) is 0 Å². The van der Waals surface area contributed by atoms with E-state index in [0.717, 1.165) is 5.75 Å². The van der Waals surface area contributed by atoms with Crippen LogP contribution in [0.5, 0.6) is 0 Å². The monoisotopic (exact) mass is 685 g/mol. The maximum atomic E-state index is 12.7. The van der Waals surface area contributed by atoms with Crippen LogP contribution in [0.3, 0.4) is 0 Å². The summed E-state index contributed by atoms with van der Waals surface area (Å²) in [5.41, 5.74) is 20.2. The molecular formula is C30H43N11O6S. The number of ether oxygens (including phenoxy) is 2. The Kier molecular flexibility index (Phi) is 15.9. The first-order valence-corrected chi connectivity index (χ1v) is 16.6. The highest BCUT2D eigenvalue weighted by atomic mass is 32.2. The maximum Gasteiger partial charge on any atom is 0.326 e. The quantitative estimate of drug-likeness (QED) is 0.0667. The van der Waals surface area contributed by atoms with E-state index >= 15 is 0 Å². The molecular weight excluding hydrogens is 642 g/mol. The SMILES string of the molecule is CSCCOCC/C(N)=C/NCCOCCNC(=O)CCC(NC(=O)c1ccc(NCc2cnc3nc(N)nc(N)c3n2)cc1)C(=O)O. The number of carboxylic acids is 1. The van der Waals surface area contributed by atoms with Gasteiger partial charge in [0.1, 0.15) is 6.04 Å². The first-order valence-electron chi connectivity index (χ1n) is 15.2. The van der Waals surface area contributed by atoms with Gasteiger partial charge in [0.25, 0.3) is 5.91 Å². The highest BCUT2D eigenvalue weighted by Gasteiger charge is 2.21. The predicted molar refractivity (Wildman–Crippen MR) is 184 cm³/mol. The van der Waals surface area contributed by atoms with E-state index in [1.807, 2.05) is 6.26 Å². The molecule has 1 unspecified atom stereocenters. The molecule has 0 bridgehead atoms. The molecule has 0 aliphatic heterocycles. The molecule has 0 spiro atoms. The lowest BCUT2D eigenvalue weighted by atomic mass is 10.1. The minimum absolute atomic E-state index is 0.0108. The number of nitrogens with one attached hydrogen (secondary N) is 4. The van der Waals surface area contributed by atoms with Crippen LogP contribution in [-0.2, 0) is 25.6 Å². The van der Waals surface area contributed by atoms with Gasteiger partial charge in [-0.2, -0.15) is 21.7 Å². The molecule has 3 aromatic rings. The minimum atomic E-state index is -1.25. The summed E-state index contributed by atoms with van der Waals surface area (Å²) in [5, 5.41) is 21.0. The summed E-state index contributed by atoms with van der Waals surface area (Å²) in [5.74, 6) is -1.08. The highest BCUT2D eigenvalue weighted by Crippen LogP contribution is 2.16. The first kappa shape index (κ1) is 37.5. The Bertz CT molecular complexity index is 1530. The summed E-state index contributed by atoms with van der Waals surface area (Å²) in [6.45, 7) is 3.08. The van der Waals surface area contributed by atoms with Crippen molar-refractivity contribution in [2.24, 2.45) is 5.73 Å². The van der Waals surface area contributed by atoms with Crippen LogP contribution in [0.4, 0.5) is 17.5 Å². The first-order chi connectivity index (χ1) is 23.2. The van der Waals surface area contributed by atoms with E-state index in [9.17, 15) is 19.5 Å². The standard InChI is InChI=1S/C30H43N11O6S/c1-48-15-14-46-11-8-20(31)16-34-9-12-47-13-10-35-24(42)7-6-23(29(44)45)39-28(43)19-2-4-21(5-3-19)36-17-22-18-37-27-25(38-22)26(32)40-30(33)41-27/h2-5,16,18,23,34,36H,6-15,17,31H2,1H3,(H,35,42)(H,39,43)(H,44,45)(H4,32,33,37,40,41)/b20-16-. The van der Waals surface area contributed by atoms with Crippen LogP contribution in [0.25, 0.3) is 11.2 Å². The van der Waals surface area contributed by atoms with Gasteiger partial charge in [-0.25, -0.2) is 14.8 Å². The predicted octanol–water partition coefficient (Wildman–Crippen LogP) is 0.452. The van der Waals surface area contributed by atoms with E-state index in [1.165, 1.54) is 6.20 Å². The molecule has 2 amide bonds. The Morgan fingerprint density at radius 1 is 1.00 bits per heavy atom. The van der Waals surface area contributed by atoms with E-state index in [2.05, 4.69) is 41.2 Å². The van der Waals surface area contributed by atoms with Crippen molar-refractivity contribution in [3.63, 3.8) is 0 Å². The number of hydrogen-bond donors (Lipinski definition) is 8. The number of fused-ring (bicyclic) bond motifs is 1. The van der Waals surface area contributed by atoms with Crippen LogP contribution in [0.15, 0.2) is 42.4 Å². The molecule has 18 heteroatoms. The summed E-state index contributed by atoms with van der Waals surface area (Å²) in [6.07, 6.45) is 5.76. The number of aliphatic carboxylic acids is 1. The van der Waals surface area contributed by atoms with Crippen molar-refractivity contribution in [2.75, 3.05) is 68.3 Å². The molecule has 1 aromatic carbocycles. The van der Waals surface area contributed by atoms with Gasteiger partial charge in [0.2, 0.25) is 11.9 Å². The Hall–Kier alpha value is -4.94. The zero-order valence-electron chi connectivity index (χ0n) is 26.7. The molecule has 260 valence electrons. The molecule has 0 fully saturated rings. The van der Waals surface area contributed by atoms with E-state index in [0.29, 0.717) is 67.6 Å². The molecule has 0 aliphatic rings. The summed E-state index contributed by atoms with van der Waals surface area (Å²) in [6, 6.07) is 5.19. The van der Waals surface area contributed by atoms with Gasteiger partial charge in [0.05, 0.1) is 44.9 Å². The summed E-state index contributed by atoms with van der Waals surface area (Å²) >= 11 is 1.73. The molecule has 1 atom stereocenters. The van der Waals surface area contributed by atoms with Gasteiger partial charge >= 0.3 is 5.97 Å². The molecule has 17 nitrogen and oxygen atoms in total. The van der Waals surface area contributed by atoms with Crippen LogP contribution < -0.4 is 38.5 Å². The maximum absolute atomic E-state index is 12.7. The number of amides is 2. The molecule has 0 saturated heterocycles. The molecule has 0 saturated carbocycles. The number of benzene rings is 1. The van der Waals surface area contributed by atoms with E-state index < -0.39 is 17.9 Å². The van der Waals surface area contributed by atoms with Crippen LogP contribution in [0.1, 0.15) is 35.3 Å². The van der Waals surface area contributed by atoms with Gasteiger partial charge in [-0.15, -0.1) is 0 Å². The molecule has 0 aliphatic carbocycles. The Balaban J connectivity index is 1.31. The second kappa shape index (κ2) is 20.3. The van der Waals surface area contributed by atoms with Crippen LogP contribution in [0, 0.1) is 0 Å². The number of carbonyl (C=O) groups excluding carboxylic acids is 2. The third kappa shape index (κ3) is 13.4. The van der Waals surface area contributed by atoms with E-state index in [1.54, 1.807) is 42.2 Å². The van der Waals surface area contributed by atoms with E-state index in [-0.39, 0.29) is 49.2 Å². The molecule has 2 aromatic heterocycles. The Morgan fingerprint density at radius 3 is 2.50 bits per heavy atom. The summed E-state index contributed by atoms with van der Waals surface area (Å²) in [4.78, 5) is 53.2. The number of nitrogens with two attached hydrogens (primary N) is 3. The van der Waals surface area contributed by atoms with Gasteiger partial charge in [-0.05, 0) is 36.9 Å². The number of hydrogen-bond acceptors (Lipinski definition) is 15. The third-order valence-corrected chi connectivity index (χ3v) is 7.17. The van der Waals surface area contributed by atoms with Crippen LogP contribution >= 0.6 is 11.8 Å². The smallest absolute Gasteiger partial charge is 0.326 e. The zero-order chi connectivity index (χ0) is 34.7. The molecule has 2 heterocycles. The molecule has 11 N–H and O–H groups in total. The Morgan fingerprint density at radius 2 is 1.75 bits per heavy atom. The number of nitrogens with zero attached hydrogens (tertiary/aromatic N) is 4. The number of carboxylic acid groups (broad SMARTS) is 1. The second-order valence-electron chi connectivity index (χ2n) is 10.3. The lowest BCUT2D eigenvalue weighted by Crippen LogP contribution is -2.41. The number of nitrogen functional groups attached to an aromatic ring is 2. The zero-order valence-corrected chi connectivity index (χ0v) is 27.6. The topological polar surface area (TPSA) is 268 Å². The van der Waals surface area contributed by atoms with Crippen molar-refractivity contribution in [3.05, 3.63) is 53.6 Å². The lowest BCUT2D eigenvalue weighted by Gasteiger charge is -2.15. The van der Waals surface area contributed by atoms with Crippen molar-refractivity contribution < 1.29 is 29.0 Å². The Labute approximate surface area is 282 Å². The summed E-state index contributed by atoms with van der Waals surface area (Å²) < 4.78 is 10.9. The molecule has 0 radical (unpaired) electrons. The van der Waals surface area contributed by atoms with Crippen molar-refractivity contribution >= 4 is 58.2 Å².